The van der Waals surface area contributed by atoms with Crippen LogP contribution in [0.25, 0.3) is 0 Å². The van der Waals surface area contributed by atoms with Crippen molar-refractivity contribution in [3.63, 3.8) is 0 Å². The number of hydrogen-bond donors (Lipinski definition) is 1. The van der Waals surface area contributed by atoms with Crippen molar-refractivity contribution in [3.05, 3.63) is 12.2 Å². The molecule has 0 spiro atoms. The highest BCUT2D eigenvalue weighted by atomic mass is 32.2. The Morgan fingerprint density at radius 2 is 1.54 bits per heavy atom. The molecule has 0 aromatic carbocycles. The second kappa shape index (κ2) is 14.5. The quantitative estimate of drug-likeness (QED) is 0.269. The topological polar surface area (TPSA) is 74.7 Å². The van der Waals surface area contributed by atoms with E-state index in [1.807, 2.05) is 6.08 Å². The number of carbonyl (C=O) groups excluding carboxylic acids is 1. The van der Waals surface area contributed by atoms with E-state index in [1.165, 1.54) is 44.9 Å². The molecule has 1 amide bonds. The van der Waals surface area contributed by atoms with E-state index in [1.54, 1.807) is 18.0 Å². The van der Waals surface area contributed by atoms with Crippen molar-refractivity contribution in [2.24, 2.45) is 0 Å². The van der Waals surface area contributed by atoms with Gasteiger partial charge in [0.1, 0.15) is 0 Å². The van der Waals surface area contributed by atoms with Crippen molar-refractivity contribution in [1.82, 2.24) is 4.90 Å². The molecule has 5 nitrogen and oxygen atoms in total. The summed E-state index contributed by atoms with van der Waals surface area (Å²) in [6, 6.07) is 0. The minimum absolute atomic E-state index is 0.0542. The number of hydrogen-bond acceptors (Lipinski definition) is 3. The lowest BCUT2D eigenvalue weighted by atomic mass is 10.1. The lowest BCUT2D eigenvalue weighted by molar-refractivity contribution is -0.124. The second-order valence-corrected chi connectivity index (χ2v) is 7.99. The first kappa shape index (κ1) is 23.1. The zero-order valence-corrected chi connectivity index (χ0v) is 16.2. The Labute approximate surface area is 148 Å². The van der Waals surface area contributed by atoms with E-state index >= 15 is 0 Å². The number of nitrogens with zero attached hydrogens (tertiary/aromatic N) is 1. The van der Waals surface area contributed by atoms with Gasteiger partial charge in [-0.25, -0.2) is 0 Å². The fourth-order valence-corrected chi connectivity index (χ4v) is 3.02. The van der Waals surface area contributed by atoms with E-state index in [-0.39, 0.29) is 11.7 Å². The minimum atomic E-state index is -3.89. The first-order valence-corrected chi connectivity index (χ1v) is 10.8. The number of carbonyl (C=O) groups is 1. The van der Waals surface area contributed by atoms with Gasteiger partial charge < -0.3 is 4.90 Å². The van der Waals surface area contributed by atoms with E-state index in [4.69, 9.17) is 4.55 Å². The molecule has 0 heterocycles. The Morgan fingerprint density at radius 1 is 0.958 bits per heavy atom. The lowest BCUT2D eigenvalue weighted by Crippen LogP contribution is -2.26. The maximum Gasteiger partial charge on any atom is 0.264 e. The highest BCUT2D eigenvalue weighted by molar-refractivity contribution is 7.85. The van der Waals surface area contributed by atoms with E-state index in [0.717, 1.165) is 12.8 Å². The number of unbranched alkanes of at least 4 members (excludes halogenated alkanes) is 9. The standard InChI is InChI=1S/C18H35NO4S/c1-3-4-5-6-7-8-9-10-11-12-15-18(20)19(2)16-13-14-17-24(21,22)23/h12,15H,3-11,13-14,16-17H2,1-2H3,(H,21,22,23)/b15-12+. The zero-order valence-electron chi connectivity index (χ0n) is 15.4. The molecule has 0 aliphatic carbocycles. The summed E-state index contributed by atoms with van der Waals surface area (Å²) in [4.78, 5) is 13.4. The molecule has 0 atom stereocenters. The first-order valence-electron chi connectivity index (χ1n) is 9.23. The summed E-state index contributed by atoms with van der Waals surface area (Å²) < 4.78 is 29.8. The largest absolute Gasteiger partial charge is 0.342 e. The third kappa shape index (κ3) is 16.0. The maximum atomic E-state index is 11.8. The molecule has 0 aromatic rings. The molecule has 24 heavy (non-hydrogen) atoms. The number of allylic oxidation sites excluding steroid dienone is 1. The first-order chi connectivity index (χ1) is 11.4. The monoisotopic (exact) mass is 361 g/mol. The van der Waals surface area contributed by atoms with E-state index in [2.05, 4.69) is 6.92 Å². The lowest BCUT2D eigenvalue weighted by Gasteiger charge is -2.14. The van der Waals surface area contributed by atoms with Crippen LogP contribution in [0, 0.1) is 0 Å². The molecule has 0 fully saturated rings. The molecule has 0 saturated heterocycles. The van der Waals surface area contributed by atoms with Crippen LogP contribution in [0.4, 0.5) is 0 Å². The smallest absolute Gasteiger partial charge is 0.264 e. The molecule has 0 unspecified atom stereocenters. The second-order valence-electron chi connectivity index (χ2n) is 6.42. The van der Waals surface area contributed by atoms with Gasteiger partial charge in [0, 0.05) is 13.6 Å². The molecule has 0 radical (unpaired) electrons. The van der Waals surface area contributed by atoms with Crippen LogP contribution in [-0.2, 0) is 14.9 Å². The summed E-state index contributed by atoms with van der Waals surface area (Å²) in [6.07, 6.45) is 15.6. The Hall–Kier alpha value is -0.880. The van der Waals surface area contributed by atoms with Crippen molar-refractivity contribution >= 4 is 16.0 Å². The molecular formula is C18H35NO4S. The fraction of sp³-hybridized carbons (Fsp3) is 0.833. The van der Waals surface area contributed by atoms with Gasteiger partial charge in [0.2, 0.25) is 5.91 Å². The van der Waals surface area contributed by atoms with Crippen LogP contribution in [0.1, 0.15) is 77.6 Å². The zero-order chi connectivity index (χ0) is 18.3. The Balaban J connectivity index is 3.59. The molecule has 142 valence electrons. The van der Waals surface area contributed by atoms with Crippen LogP contribution in [0.3, 0.4) is 0 Å². The average molecular weight is 362 g/mol. The molecule has 0 saturated carbocycles. The van der Waals surface area contributed by atoms with Crippen molar-refractivity contribution < 1.29 is 17.8 Å². The van der Waals surface area contributed by atoms with Crippen molar-refractivity contribution in [1.29, 1.82) is 0 Å². The van der Waals surface area contributed by atoms with Crippen LogP contribution in [0.15, 0.2) is 12.2 Å². The van der Waals surface area contributed by atoms with Crippen LogP contribution in [-0.4, -0.2) is 43.1 Å². The fourth-order valence-electron chi connectivity index (χ4n) is 2.45. The summed E-state index contributed by atoms with van der Waals surface area (Å²) in [7, 11) is -2.19. The van der Waals surface area contributed by atoms with Gasteiger partial charge >= 0.3 is 0 Å². The third-order valence-electron chi connectivity index (χ3n) is 4.01. The molecule has 0 rings (SSSR count). The summed E-state index contributed by atoms with van der Waals surface area (Å²) in [5.74, 6) is -0.301. The average Bonchev–Trinajstić information content (AvgIpc) is 2.52. The minimum Gasteiger partial charge on any atom is -0.342 e. The van der Waals surface area contributed by atoms with Gasteiger partial charge in [0.05, 0.1) is 5.75 Å². The van der Waals surface area contributed by atoms with E-state index in [0.29, 0.717) is 19.4 Å². The SMILES string of the molecule is CCCCCCCCCC/C=C/C(=O)N(C)CCCCS(=O)(=O)O. The predicted molar refractivity (Wildman–Crippen MR) is 99.7 cm³/mol. The summed E-state index contributed by atoms with van der Waals surface area (Å²) >= 11 is 0. The molecule has 0 bridgehead atoms. The van der Waals surface area contributed by atoms with E-state index < -0.39 is 10.1 Å². The van der Waals surface area contributed by atoms with Crippen LogP contribution >= 0.6 is 0 Å². The van der Waals surface area contributed by atoms with E-state index in [9.17, 15) is 13.2 Å². The van der Waals surface area contributed by atoms with Gasteiger partial charge in [-0.2, -0.15) is 8.42 Å². The normalized spacial score (nSPS) is 12.0. The third-order valence-corrected chi connectivity index (χ3v) is 4.81. The molecular weight excluding hydrogens is 326 g/mol. The Bertz CT molecular complexity index is 446. The van der Waals surface area contributed by atoms with Crippen LogP contribution in [0.2, 0.25) is 0 Å². The number of amides is 1. The van der Waals surface area contributed by atoms with Crippen molar-refractivity contribution in [2.75, 3.05) is 19.3 Å². The summed E-state index contributed by atoms with van der Waals surface area (Å²) in [6.45, 7) is 2.72. The number of likely N-dealkylation sites (N-methyl/N-ethyl adjacent to an activating group) is 1. The van der Waals surface area contributed by atoms with Gasteiger partial charge in [0.25, 0.3) is 10.1 Å². The number of rotatable bonds is 15. The highest BCUT2D eigenvalue weighted by Crippen LogP contribution is 2.09. The molecule has 0 aromatic heterocycles. The Kier molecular flexibility index (Phi) is 13.9. The molecule has 0 aliphatic heterocycles. The van der Waals surface area contributed by atoms with Crippen LogP contribution < -0.4 is 0 Å². The molecule has 6 heteroatoms. The van der Waals surface area contributed by atoms with Crippen molar-refractivity contribution in [3.8, 4) is 0 Å². The molecule has 1 N–H and O–H groups in total. The van der Waals surface area contributed by atoms with Gasteiger partial charge in [0.15, 0.2) is 0 Å². The maximum absolute atomic E-state index is 11.8. The predicted octanol–water partition coefficient (Wildman–Crippen LogP) is 4.20. The van der Waals surface area contributed by atoms with Gasteiger partial charge in [-0.3, -0.25) is 9.35 Å². The van der Waals surface area contributed by atoms with Crippen molar-refractivity contribution in [2.45, 2.75) is 77.6 Å². The van der Waals surface area contributed by atoms with Crippen LogP contribution in [0.5, 0.6) is 0 Å². The Morgan fingerprint density at radius 3 is 2.12 bits per heavy atom. The van der Waals surface area contributed by atoms with Gasteiger partial charge in [-0.05, 0) is 31.8 Å². The molecule has 0 aliphatic rings. The highest BCUT2D eigenvalue weighted by Gasteiger charge is 2.07. The summed E-state index contributed by atoms with van der Waals surface area (Å²) in [5, 5.41) is 0. The van der Waals surface area contributed by atoms with Gasteiger partial charge in [-0.15, -0.1) is 0 Å². The summed E-state index contributed by atoms with van der Waals surface area (Å²) in [5.41, 5.74) is 0. The van der Waals surface area contributed by atoms with Gasteiger partial charge in [-0.1, -0.05) is 57.9 Å².